The minimum atomic E-state index is 0.861. The maximum Gasteiger partial charge on any atom is 0.0223 e. The van der Waals surface area contributed by atoms with Gasteiger partial charge in [-0.05, 0) is 30.8 Å². The zero-order valence-electron chi connectivity index (χ0n) is 3.55. The minimum Gasteiger partial charge on any atom is -0.330 e. The summed E-state index contributed by atoms with van der Waals surface area (Å²) in [5, 5.41) is 0. The highest BCUT2D eigenvalue weighted by atomic mass is 32.2. The molecule has 1 rings (SSSR count). The average molecular weight is 104 g/mol. The van der Waals surface area contributed by atoms with Crippen LogP contribution >= 0.6 is 12.0 Å². The first-order valence-electron chi connectivity index (χ1n) is 2.20. The van der Waals surface area contributed by atoms with E-state index in [2.05, 4.69) is 0 Å². The third-order valence-corrected chi connectivity index (χ3v) is 1.63. The Bertz CT molecular complexity index is 42.8. The molecular formula is C4H8OS. The van der Waals surface area contributed by atoms with Crippen molar-refractivity contribution in [2.24, 2.45) is 5.92 Å². The maximum absolute atomic E-state index is 8.19. The molecule has 1 aliphatic rings. The lowest BCUT2D eigenvalue weighted by Gasteiger charge is -1.81. The Labute approximate surface area is 42.0 Å². The fourth-order valence-electron chi connectivity index (χ4n) is 0.390. The van der Waals surface area contributed by atoms with E-state index in [0.717, 1.165) is 23.7 Å². The van der Waals surface area contributed by atoms with E-state index >= 15 is 0 Å². The van der Waals surface area contributed by atoms with Crippen LogP contribution in [0.2, 0.25) is 0 Å². The van der Waals surface area contributed by atoms with Crippen molar-refractivity contribution in [1.82, 2.24) is 0 Å². The number of hydrogen-bond acceptors (Lipinski definition) is 2. The van der Waals surface area contributed by atoms with Crippen LogP contribution in [0.4, 0.5) is 0 Å². The van der Waals surface area contributed by atoms with Crippen molar-refractivity contribution >= 4 is 12.0 Å². The Kier molecular flexibility index (Phi) is 1.37. The molecule has 0 bridgehead atoms. The van der Waals surface area contributed by atoms with Gasteiger partial charge < -0.3 is 4.55 Å². The Balaban J connectivity index is 1.88. The molecule has 0 aromatic rings. The molecule has 0 heterocycles. The van der Waals surface area contributed by atoms with Crippen LogP contribution in [0.1, 0.15) is 12.8 Å². The fraction of sp³-hybridized carbons (Fsp3) is 1.00. The fourth-order valence-corrected chi connectivity index (χ4v) is 0.934. The van der Waals surface area contributed by atoms with Crippen molar-refractivity contribution in [1.29, 1.82) is 0 Å². The van der Waals surface area contributed by atoms with Crippen LogP contribution in [0, 0.1) is 5.92 Å². The Morgan fingerprint density at radius 1 is 1.67 bits per heavy atom. The van der Waals surface area contributed by atoms with Crippen LogP contribution in [0.5, 0.6) is 0 Å². The molecule has 0 radical (unpaired) electrons. The first-order chi connectivity index (χ1) is 2.93. The van der Waals surface area contributed by atoms with Crippen molar-refractivity contribution in [3.8, 4) is 0 Å². The van der Waals surface area contributed by atoms with Crippen molar-refractivity contribution in [2.75, 3.05) is 5.75 Å². The first-order valence-corrected chi connectivity index (χ1v) is 3.14. The summed E-state index contributed by atoms with van der Waals surface area (Å²) >= 11 is 0.972. The lowest BCUT2D eigenvalue weighted by Crippen LogP contribution is -1.74. The van der Waals surface area contributed by atoms with Crippen LogP contribution in [-0.2, 0) is 0 Å². The molecule has 36 valence electrons. The summed E-state index contributed by atoms with van der Waals surface area (Å²) in [6.07, 6.45) is 2.68. The molecule has 1 aliphatic carbocycles. The normalized spacial score (nSPS) is 21.5. The van der Waals surface area contributed by atoms with Gasteiger partial charge in [0.2, 0.25) is 0 Å². The molecule has 1 fully saturated rings. The number of rotatable bonds is 2. The lowest BCUT2D eigenvalue weighted by atomic mass is 10.5. The maximum atomic E-state index is 8.19. The van der Waals surface area contributed by atoms with E-state index < -0.39 is 0 Å². The predicted molar refractivity (Wildman–Crippen MR) is 27.8 cm³/mol. The van der Waals surface area contributed by atoms with Gasteiger partial charge in [-0.2, -0.15) is 0 Å². The summed E-state index contributed by atoms with van der Waals surface area (Å²) in [6.45, 7) is 0. The highest BCUT2D eigenvalue weighted by Crippen LogP contribution is 2.31. The van der Waals surface area contributed by atoms with E-state index in [9.17, 15) is 0 Å². The zero-order chi connectivity index (χ0) is 4.41. The Morgan fingerprint density at radius 2 is 2.33 bits per heavy atom. The van der Waals surface area contributed by atoms with E-state index in [-0.39, 0.29) is 0 Å². The quantitative estimate of drug-likeness (QED) is 0.537. The van der Waals surface area contributed by atoms with Crippen LogP contribution in [0.25, 0.3) is 0 Å². The molecule has 0 saturated heterocycles. The van der Waals surface area contributed by atoms with Gasteiger partial charge in [-0.25, -0.2) is 0 Å². The van der Waals surface area contributed by atoms with E-state index in [1.54, 1.807) is 0 Å². The number of hydrogen-bond donors (Lipinski definition) is 1. The first kappa shape index (κ1) is 4.47. The Morgan fingerprint density at radius 3 is 2.50 bits per heavy atom. The van der Waals surface area contributed by atoms with Crippen molar-refractivity contribution < 1.29 is 4.55 Å². The van der Waals surface area contributed by atoms with Gasteiger partial charge in [0.25, 0.3) is 0 Å². The summed E-state index contributed by atoms with van der Waals surface area (Å²) in [4.78, 5) is 0. The third kappa shape index (κ3) is 1.19. The Hall–Kier alpha value is 0.310. The molecule has 0 aliphatic heterocycles. The van der Waals surface area contributed by atoms with E-state index in [0.29, 0.717) is 0 Å². The SMILES string of the molecule is OSCC1CC1. The van der Waals surface area contributed by atoms with Gasteiger partial charge in [0.1, 0.15) is 0 Å². The largest absolute Gasteiger partial charge is 0.330 e. The average Bonchev–Trinajstić information content (AvgIpc) is 2.21. The lowest BCUT2D eigenvalue weighted by molar-refractivity contribution is 0.659. The standard InChI is InChI=1S/C4H8OS/c5-6-3-4-1-2-4/h4-5H,1-3H2. The second-order valence-corrected chi connectivity index (χ2v) is 2.33. The van der Waals surface area contributed by atoms with Gasteiger partial charge >= 0.3 is 0 Å². The zero-order valence-corrected chi connectivity index (χ0v) is 4.37. The molecule has 1 saturated carbocycles. The smallest absolute Gasteiger partial charge is 0.0223 e. The second kappa shape index (κ2) is 1.85. The van der Waals surface area contributed by atoms with Gasteiger partial charge in [-0.1, -0.05) is 0 Å². The second-order valence-electron chi connectivity index (χ2n) is 1.74. The third-order valence-electron chi connectivity index (χ3n) is 1.01. The minimum absolute atomic E-state index is 0.861. The summed E-state index contributed by atoms with van der Waals surface area (Å²) in [6, 6.07) is 0. The van der Waals surface area contributed by atoms with Crippen LogP contribution in [0.3, 0.4) is 0 Å². The summed E-state index contributed by atoms with van der Waals surface area (Å²) in [5.74, 6) is 1.82. The van der Waals surface area contributed by atoms with Crippen molar-refractivity contribution in [2.45, 2.75) is 12.8 Å². The topological polar surface area (TPSA) is 20.2 Å². The van der Waals surface area contributed by atoms with E-state index in [1.165, 1.54) is 12.8 Å². The molecule has 6 heavy (non-hydrogen) atoms. The van der Waals surface area contributed by atoms with Gasteiger partial charge in [0, 0.05) is 5.75 Å². The molecule has 2 heteroatoms. The molecule has 0 atom stereocenters. The van der Waals surface area contributed by atoms with E-state index in [1.807, 2.05) is 0 Å². The molecule has 0 aromatic carbocycles. The molecule has 0 spiro atoms. The van der Waals surface area contributed by atoms with Crippen LogP contribution in [0.15, 0.2) is 0 Å². The highest BCUT2D eigenvalue weighted by Gasteiger charge is 2.20. The van der Waals surface area contributed by atoms with Crippen molar-refractivity contribution in [3.05, 3.63) is 0 Å². The molecule has 0 amide bonds. The summed E-state index contributed by atoms with van der Waals surface area (Å²) in [5.41, 5.74) is 0. The molecule has 0 aromatic heterocycles. The van der Waals surface area contributed by atoms with Gasteiger partial charge in [-0.3, -0.25) is 0 Å². The molecule has 0 unspecified atom stereocenters. The van der Waals surface area contributed by atoms with Gasteiger partial charge in [0.05, 0.1) is 0 Å². The van der Waals surface area contributed by atoms with Crippen LogP contribution < -0.4 is 0 Å². The molecule has 1 N–H and O–H groups in total. The molecule has 1 nitrogen and oxygen atoms in total. The molecular weight excluding hydrogens is 96.1 g/mol. The highest BCUT2D eigenvalue weighted by molar-refractivity contribution is 7.93. The monoisotopic (exact) mass is 104 g/mol. The summed E-state index contributed by atoms with van der Waals surface area (Å²) in [7, 11) is 0. The van der Waals surface area contributed by atoms with Crippen molar-refractivity contribution in [3.63, 3.8) is 0 Å². The van der Waals surface area contributed by atoms with Gasteiger partial charge in [-0.15, -0.1) is 0 Å². The predicted octanol–water partition coefficient (Wildman–Crippen LogP) is 1.60. The van der Waals surface area contributed by atoms with Crippen LogP contribution in [-0.4, -0.2) is 10.3 Å². The summed E-state index contributed by atoms with van der Waals surface area (Å²) < 4.78 is 8.19. The van der Waals surface area contributed by atoms with E-state index in [4.69, 9.17) is 4.55 Å². The van der Waals surface area contributed by atoms with Gasteiger partial charge in [0.15, 0.2) is 0 Å².